The van der Waals surface area contributed by atoms with Gasteiger partial charge in [0, 0.05) is 0 Å². The Morgan fingerprint density at radius 1 is 1.62 bits per heavy atom. The number of rotatable bonds is 1. The van der Waals surface area contributed by atoms with Gasteiger partial charge >= 0.3 is 0 Å². The minimum Gasteiger partial charge on any atom is -0.341 e. The number of hydrogen-bond donors (Lipinski definition) is 2. The van der Waals surface area contributed by atoms with Crippen LogP contribution >= 0.6 is 0 Å². The summed E-state index contributed by atoms with van der Waals surface area (Å²) in [5.74, 6) is 0. The van der Waals surface area contributed by atoms with Crippen LogP contribution in [0, 0.1) is 0 Å². The molecule has 0 aliphatic carbocycles. The normalized spacial score (nSPS) is 38.2. The first-order valence-corrected chi connectivity index (χ1v) is 3.43. The zero-order valence-electron chi connectivity index (χ0n) is 5.78. The van der Waals surface area contributed by atoms with Crippen molar-refractivity contribution in [1.29, 1.82) is 0 Å². The van der Waals surface area contributed by atoms with Gasteiger partial charge in [-0.2, -0.15) is 0 Å². The van der Waals surface area contributed by atoms with Crippen molar-refractivity contribution < 1.29 is 10.2 Å². The number of hydrogen-bond acceptors (Lipinski definition) is 0. The second kappa shape index (κ2) is 2.46. The van der Waals surface area contributed by atoms with Gasteiger partial charge in [-0.3, -0.25) is 0 Å². The molecule has 48 valence electrons. The summed E-state index contributed by atoms with van der Waals surface area (Å²) in [6.07, 6.45) is 1.41. The Kier molecular flexibility index (Phi) is 1.86. The third-order valence-corrected chi connectivity index (χ3v) is 2.02. The summed E-state index contributed by atoms with van der Waals surface area (Å²) in [4.78, 5) is 1.69. The molecule has 0 aromatic carbocycles. The quantitative estimate of drug-likeness (QED) is 0.377. The lowest BCUT2D eigenvalue weighted by Crippen LogP contribution is -3.09. The third-order valence-electron chi connectivity index (χ3n) is 2.02. The van der Waals surface area contributed by atoms with Crippen molar-refractivity contribution in [2.24, 2.45) is 0 Å². The number of likely N-dealkylation sites (N-methyl/N-ethyl adjacent to an activating group) is 2. The highest BCUT2D eigenvalue weighted by Crippen LogP contribution is 1.83. The largest absolute Gasteiger partial charge is 0.341 e. The van der Waals surface area contributed by atoms with Gasteiger partial charge in [-0.15, -0.1) is 0 Å². The monoisotopic (exact) mass is 116 g/mol. The first-order chi connectivity index (χ1) is 3.83. The van der Waals surface area contributed by atoms with Crippen molar-refractivity contribution in [3.8, 4) is 0 Å². The van der Waals surface area contributed by atoms with Crippen molar-refractivity contribution >= 4 is 0 Å². The van der Waals surface area contributed by atoms with E-state index in [1.165, 1.54) is 19.5 Å². The molecule has 0 saturated carbocycles. The van der Waals surface area contributed by atoms with Crippen LogP contribution in [-0.4, -0.2) is 33.2 Å². The van der Waals surface area contributed by atoms with E-state index >= 15 is 0 Å². The van der Waals surface area contributed by atoms with E-state index in [4.69, 9.17) is 0 Å². The summed E-state index contributed by atoms with van der Waals surface area (Å²) in [7, 11) is 4.44. The van der Waals surface area contributed by atoms with Crippen LogP contribution in [0.4, 0.5) is 0 Å². The maximum absolute atomic E-state index is 2.33. The third kappa shape index (κ3) is 1.20. The molecule has 2 nitrogen and oxygen atoms in total. The Morgan fingerprint density at radius 2 is 2.38 bits per heavy atom. The number of likely N-dealkylation sites (tertiary alicyclic amines) is 1. The molecular formula is C6H16N2+2. The molecule has 1 saturated heterocycles. The number of nitrogens with one attached hydrogen (secondary N) is 1. The standard InChI is InChI=1S/C6H14N2/c1-7-6-3-4-8(2)5-6/h6-7H,3-5H2,1-2H3/p+2/t6-/m1/s1. The first kappa shape index (κ1) is 6.05. The molecule has 1 unspecified atom stereocenters. The van der Waals surface area contributed by atoms with E-state index in [0.29, 0.717) is 0 Å². The van der Waals surface area contributed by atoms with Crippen LogP contribution in [0.5, 0.6) is 0 Å². The molecule has 0 bridgehead atoms. The fraction of sp³-hybridized carbons (Fsp3) is 1.00. The molecule has 0 aromatic heterocycles. The topological polar surface area (TPSA) is 21.1 Å². The highest BCUT2D eigenvalue weighted by atomic mass is 15.2. The lowest BCUT2D eigenvalue weighted by molar-refractivity contribution is -0.876. The zero-order chi connectivity index (χ0) is 5.98. The van der Waals surface area contributed by atoms with E-state index in [1.54, 1.807) is 4.90 Å². The van der Waals surface area contributed by atoms with Gasteiger partial charge in [-0.05, 0) is 0 Å². The van der Waals surface area contributed by atoms with Crippen molar-refractivity contribution in [3.63, 3.8) is 0 Å². The summed E-state index contributed by atoms with van der Waals surface area (Å²) >= 11 is 0. The highest BCUT2D eigenvalue weighted by molar-refractivity contribution is 4.55. The van der Waals surface area contributed by atoms with Crippen molar-refractivity contribution in [1.82, 2.24) is 0 Å². The Balaban J connectivity index is 2.22. The van der Waals surface area contributed by atoms with Gasteiger partial charge < -0.3 is 10.2 Å². The zero-order valence-corrected chi connectivity index (χ0v) is 5.78. The molecule has 0 amide bonds. The van der Waals surface area contributed by atoms with Gasteiger partial charge in [-0.1, -0.05) is 0 Å². The second-order valence-electron chi connectivity index (χ2n) is 2.79. The van der Waals surface area contributed by atoms with Crippen LogP contribution in [0.3, 0.4) is 0 Å². The molecule has 1 fully saturated rings. The van der Waals surface area contributed by atoms with Gasteiger partial charge in [0.05, 0.1) is 27.1 Å². The minimum atomic E-state index is 0.912. The fourth-order valence-electron chi connectivity index (χ4n) is 1.37. The van der Waals surface area contributed by atoms with E-state index in [2.05, 4.69) is 19.4 Å². The molecule has 0 radical (unpaired) electrons. The van der Waals surface area contributed by atoms with Gasteiger partial charge in [0.1, 0.15) is 12.6 Å². The first-order valence-electron chi connectivity index (χ1n) is 3.43. The summed E-state index contributed by atoms with van der Waals surface area (Å²) in [6, 6.07) is 0.912. The molecule has 2 atom stereocenters. The summed E-state index contributed by atoms with van der Waals surface area (Å²) in [5, 5.41) is 2.33. The molecule has 1 rings (SSSR count). The average molecular weight is 116 g/mol. The smallest absolute Gasteiger partial charge is 0.141 e. The molecule has 1 aliphatic rings. The van der Waals surface area contributed by atoms with Gasteiger partial charge in [0.2, 0.25) is 0 Å². The maximum Gasteiger partial charge on any atom is 0.141 e. The number of quaternary nitrogens is 2. The van der Waals surface area contributed by atoms with Crippen molar-refractivity contribution in [3.05, 3.63) is 0 Å². The predicted molar refractivity (Wildman–Crippen MR) is 32.9 cm³/mol. The lowest BCUT2D eigenvalue weighted by Gasteiger charge is -2.02. The van der Waals surface area contributed by atoms with Crippen LogP contribution in [0.25, 0.3) is 0 Å². The van der Waals surface area contributed by atoms with Crippen LogP contribution in [0.1, 0.15) is 6.42 Å². The summed E-state index contributed by atoms with van der Waals surface area (Å²) in [6.45, 7) is 2.73. The molecule has 3 N–H and O–H groups in total. The highest BCUT2D eigenvalue weighted by Gasteiger charge is 2.23. The van der Waals surface area contributed by atoms with Gasteiger partial charge in [-0.25, -0.2) is 0 Å². The van der Waals surface area contributed by atoms with Crippen LogP contribution in [0.15, 0.2) is 0 Å². The van der Waals surface area contributed by atoms with Crippen molar-refractivity contribution in [2.45, 2.75) is 12.5 Å². The van der Waals surface area contributed by atoms with Gasteiger partial charge in [0.25, 0.3) is 0 Å². The fourth-order valence-corrected chi connectivity index (χ4v) is 1.37. The molecule has 8 heavy (non-hydrogen) atoms. The Hall–Kier alpha value is -0.0800. The summed E-state index contributed by atoms with van der Waals surface area (Å²) < 4.78 is 0. The number of nitrogens with two attached hydrogens (primary N) is 1. The average Bonchev–Trinajstić information content (AvgIpc) is 2.14. The molecule has 1 aliphatic heterocycles. The minimum absolute atomic E-state index is 0.912. The van der Waals surface area contributed by atoms with Crippen LogP contribution < -0.4 is 10.2 Å². The van der Waals surface area contributed by atoms with E-state index in [1.807, 2.05) is 0 Å². The maximum atomic E-state index is 2.33. The van der Waals surface area contributed by atoms with E-state index in [-0.39, 0.29) is 0 Å². The van der Waals surface area contributed by atoms with Crippen molar-refractivity contribution in [2.75, 3.05) is 27.2 Å². The van der Waals surface area contributed by atoms with E-state index in [9.17, 15) is 0 Å². The summed E-state index contributed by atoms with van der Waals surface area (Å²) in [5.41, 5.74) is 0. The second-order valence-corrected chi connectivity index (χ2v) is 2.79. The SMILES string of the molecule is C[NH2+][C@@H]1CC[NH+](C)C1. The van der Waals surface area contributed by atoms with Gasteiger partial charge in [0.15, 0.2) is 0 Å². The lowest BCUT2D eigenvalue weighted by atomic mass is 10.3. The molecule has 2 heteroatoms. The van der Waals surface area contributed by atoms with Crippen LogP contribution in [0.2, 0.25) is 0 Å². The van der Waals surface area contributed by atoms with Crippen LogP contribution in [-0.2, 0) is 0 Å². The Morgan fingerprint density at radius 3 is 2.62 bits per heavy atom. The van der Waals surface area contributed by atoms with E-state index in [0.717, 1.165) is 6.04 Å². The van der Waals surface area contributed by atoms with E-state index < -0.39 is 0 Å². The molecule has 0 aromatic rings. The predicted octanol–water partition coefficient (Wildman–Crippen LogP) is -2.53. The molecular weight excluding hydrogens is 100 g/mol. The Labute approximate surface area is 50.9 Å². The molecule has 0 spiro atoms. The Bertz CT molecular complexity index is 72.9. The molecule has 1 heterocycles.